The molecule has 0 spiro atoms. The lowest BCUT2D eigenvalue weighted by Crippen LogP contribution is -2.32. The van der Waals surface area contributed by atoms with E-state index in [9.17, 15) is 0 Å². The van der Waals surface area contributed by atoms with Gasteiger partial charge in [-0.2, -0.15) is 0 Å². The minimum atomic E-state index is 0.327. The van der Waals surface area contributed by atoms with Crippen molar-refractivity contribution in [3.63, 3.8) is 0 Å². The van der Waals surface area contributed by atoms with Gasteiger partial charge in [-0.3, -0.25) is 0 Å². The monoisotopic (exact) mass is 199 g/mol. The maximum Gasteiger partial charge on any atom is 0.0434 e. The second kappa shape index (κ2) is 7.24. The third-order valence-corrected chi connectivity index (χ3v) is 3.23. The zero-order valence-corrected chi connectivity index (χ0v) is 9.47. The van der Waals surface area contributed by atoms with E-state index in [4.69, 9.17) is 5.11 Å². The van der Waals surface area contributed by atoms with Crippen molar-refractivity contribution in [3.05, 3.63) is 0 Å². The molecule has 14 heavy (non-hydrogen) atoms. The van der Waals surface area contributed by atoms with Crippen LogP contribution in [-0.2, 0) is 0 Å². The molecule has 1 unspecified atom stereocenters. The Labute approximate surface area is 88.1 Å². The summed E-state index contributed by atoms with van der Waals surface area (Å²) in [5.74, 6) is 0.614. The molecule has 0 aliphatic heterocycles. The number of aliphatic hydroxyl groups excluding tert-OH is 1. The van der Waals surface area contributed by atoms with Crippen LogP contribution in [-0.4, -0.2) is 24.3 Å². The minimum Gasteiger partial charge on any atom is -0.396 e. The first kappa shape index (κ1) is 12.0. The summed E-state index contributed by atoms with van der Waals surface area (Å²) in [7, 11) is 0. The van der Waals surface area contributed by atoms with E-state index in [1.165, 1.54) is 38.5 Å². The van der Waals surface area contributed by atoms with Crippen LogP contribution in [0, 0.1) is 5.92 Å². The molecule has 1 atom stereocenters. The highest BCUT2D eigenvalue weighted by Crippen LogP contribution is 2.17. The molecule has 1 aliphatic carbocycles. The third-order valence-electron chi connectivity index (χ3n) is 3.23. The molecule has 2 heteroatoms. The topological polar surface area (TPSA) is 32.3 Å². The zero-order valence-electron chi connectivity index (χ0n) is 9.47. The lowest BCUT2D eigenvalue weighted by Gasteiger charge is -2.19. The molecule has 1 saturated carbocycles. The highest BCUT2D eigenvalue weighted by atomic mass is 16.3. The first-order valence-corrected chi connectivity index (χ1v) is 6.17. The van der Waals surface area contributed by atoms with Crippen LogP contribution in [0.3, 0.4) is 0 Å². The van der Waals surface area contributed by atoms with Crippen molar-refractivity contribution in [3.8, 4) is 0 Å². The van der Waals surface area contributed by atoms with Crippen molar-refractivity contribution >= 4 is 0 Å². The van der Waals surface area contributed by atoms with Gasteiger partial charge >= 0.3 is 0 Å². The van der Waals surface area contributed by atoms with Gasteiger partial charge in [-0.1, -0.05) is 32.6 Å². The van der Waals surface area contributed by atoms with Crippen LogP contribution in [0.5, 0.6) is 0 Å². The Hall–Kier alpha value is -0.0800. The highest BCUT2D eigenvalue weighted by molar-refractivity contribution is 4.71. The molecule has 0 bridgehead atoms. The Morgan fingerprint density at radius 3 is 2.43 bits per heavy atom. The Bertz CT molecular complexity index is 130. The molecule has 0 heterocycles. The van der Waals surface area contributed by atoms with Gasteiger partial charge in [0.25, 0.3) is 0 Å². The Kier molecular flexibility index (Phi) is 6.20. The number of aliphatic hydroxyl groups is 1. The predicted molar refractivity (Wildman–Crippen MR) is 60.4 cm³/mol. The van der Waals surface area contributed by atoms with Gasteiger partial charge in [0.05, 0.1) is 0 Å². The van der Waals surface area contributed by atoms with Gasteiger partial charge in [-0.25, -0.2) is 0 Å². The fourth-order valence-electron chi connectivity index (χ4n) is 2.17. The summed E-state index contributed by atoms with van der Waals surface area (Å²) in [6.45, 7) is 3.61. The maximum atomic E-state index is 8.79. The molecule has 1 rings (SSSR count). The van der Waals surface area contributed by atoms with Crippen LogP contribution < -0.4 is 5.32 Å². The van der Waals surface area contributed by atoms with E-state index in [0.29, 0.717) is 12.5 Å². The van der Waals surface area contributed by atoms with Crippen LogP contribution in [0.25, 0.3) is 0 Å². The molecule has 84 valence electrons. The average molecular weight is 199 g/mol. The minimum absolute atomic E-state index is 0.327. The first-order chi connectivity index (χ1) is 6.83. The lowest BCUT2D eigenvalue weighted by atomic mass is 10.1. The van der Waals surface area contributed by atoms with Crippen molar-refractivity contribution < 1.29 is 5.11 Å². The average Bonchev–Trinajstić information content (AvgIpc) is 2.43. The first-order valence-electron chi connectivity index (χ1n) is 6.17. The fourth-order valence-corrected chi connectivity index (χ4v) is 2.17. The summed E-state index contributed by atoms with van der Waals surface area (Å²) in [5.41, 5.74) is 0. The van der Waals surface area contributed by atoms with Gasteiger partial charge in [-0.15, -0.1) is 0 Å². The van der Waals surface area contributed by atoms with E-state index in [1.54, 1.807) is 0 Å². The molecule has 2 nitrogen and oxygen atoms in total. The summed E-state index contributed by atoms with van der Waals surface area (Å²) < 4.78 is 0. The van der Waals surface area contributed by atoms with Crippen molar-refractivity contribution in [1.82, 2.24) is 5.32 Å². The molecule has 0 aromatic carbocycles. The molecule has 0 aromatic rings. The molecule has 0 amide bonds. The molecule has 0 saturated heterocycles. The summed E-state index contributed by atoms with van der Waals surface area (Å²) in [4.78, 5) is 0. The van der Waals surface area contributed by atoms with E-state index < -0.39 is 0 Å². The third kappa shape index (κ3) is 4.97. The SMILES string of the molecule is CC(CCO)CNC1CCCCCC1. The Morgan fingerprint density at radius 1 is 1.21 bits per heavy atom. The lowest BCUT2D eigenvalue weighted by molar-refractivity contribution is 0.256. The molecular weight excluding hydrogens is 174 g/mol. The molecule has 0 radical (unpaired) electrons. The summed E-state index contributed by atoms with van der Waals surface area (Å²) in [6.07, 6.45) is 9.27. The van der Waals surface area contributed by atoms with E-state index in [2.05, 4.69) is 12.2 Å². The van der Waals surface area contributed by atoms with E-state index >= 15 is 0 Å². The Balaban J connectivity index is 2.09. The summed E-state index contributed by atoms with van der Waals surface area (Å²) >= 11 is 0. The molecule has 2 N–H and O–H groups in total. The number of hydrogen-bond donors (Lipinski definition) is 2. The maximum absolute atomic E-state index is 8.79. The van der Waals surface area contributed by atoms with Gasteiger partial charge < -0.3 is 10.4 Å². The smallest absolute Gasteiger partial charge is 0.0434 e. The number of rotatable bonds is 5. The summed E-state index contributed by atoms with van der Waals surface area (Å²) in [6, 6.07) is 0.749. The summed E-state index contributed by atoms with van der Waals surface area (Å²) in [5, 5.41) is 12.4. The van der Waals surface area contributed by atoms with E-state index in [0.717, 1.165) is 19.0 Å². The van der Waals surface area contributed by atoms with Crippen LogP contribution in [0.15, 0.2) is 0 Å². The Morgan fingerprint density at radius 2 is 1.86 bits per heavy atom. The van der Waals surface area contributed by atoms with Crippen molar-refractivity contribution in [1.29, 1.82) is 0 Å². The highest BCUT2D eigenvalue weighted by Gasteiger charge is 2.12. The molecule has 1 aliphatic rings. The second-order valence-corrected chi connectivity index (χ2v) is 4.71. The van der Waals surface area contributed by atoms with Gasteiger partial charge in [0.1, 0.15) is 0 Å². The largest absolute Gasteiger partial charge is 0.396 e. The van der Waals surface area contributed by atoms with Gasteiger partial charge in [0.2, 0.25) is 0 Å². The standard InChI is InChI=1S/C12H25NO/c1-11(8-9-14)10-13-12-6-4-2-3-5-7-12/h11-14H,2-10H2,1H3. The predicted octanol–water partition coefficient (Wildman–Crippen LogP) is 2.32. The fraction of sp³-hybridized carbons (Fsp3) is 1.00. The number of hydrogen-bond acceptors (Lipinski definition) is 2. The second-order valence-electron chi connectivity index (χ2n) is 4.71. The van der Waals surface area contributed by atoms with Crippen LogP contribution >= 0.6 is 0 Å². The van der Waals surface area contributed by atoms with Crippen LogP contribution in [0.1, 0.15) is 51.9 Å². The number of nitrogens with one attached hydrogen (secondary N) is 1. The molecule has 0 aromatic heterocycles. The van der Waals surface area contributed by atoms with Gasteiger partial charge in [-0.05, 0) is 31.7 Å². The normalized spacial score (nSPS) is 21.9. The van der Waals surface area contributed by atoms with Crippen molar-refractivity contribution in [2.24, 2.45) is 5.92 Å². The van der Waals surface area contributed by atoms with Crippen LogP contribution in [0.4, 0.5) is 0 Å². The van der Waals surface area contributed by atoms with E-state index in [-0.39, 0.29) is 0 Å². The van der Waals surface area contributed by atoms with Crippen molar-refractivity contribution in [2.45, 2.75) is 57.9 Å². The van der Waals surface area contributed by atoms with Crippen molar-refractivity contribution in [2.75, 3.05) is 13.2 Å². The van der Waals surface area contributed by atoms with Gasteiger partial charge in [0, 0.05) is 12.6 Å². The molecular formula is C12H25NO. The van der Waals surface area contributed by atoms with E-state index in [1.807, 2.05) is 0 Å². The zero-order chi connectivity index (χ0) is 10.2. The van der Waals surface area contributed by atoms with Crippen LogP contribution in [0.2, 0.25) is 0 Å². The molecule has 1 fully saturated rings. The van der Waals surface area contributed by atoms with Gasteiger partial charge in [0.15, 0.2) is 0 Å². The quantitative estimate of drug-likeness (QED) is 0.666.